The molecule has 13 heavy (non-hydrogen) atoms. The molecule has 0 bridgehead atoms. The van der Waals surface area contributed by atoms with Gasteiger partial charge >= 0.3 is 5.97 Å². The molecule has 3 atom stereocenters. The highest BCUT2D eigenvalue weighted by atomic mass is 16.6. The highest BCUT2D eigenvalue weighted by Crippen LogP contribution is 2.42. The Morgan fingerprint density at radius 1 is 1.62 bits per heavy atom. The molecule has 0 aliphatic carbocycles. The Balaban J connectivity index is 2.82. The fourth-order valence-corrected chi connectivity index (χ4v) is 1.52. The minimum Gasteiger partial charge on any atom is -0.457 e. The predicted octanol–water partition coefficient (Wildman–Crippen LogP) is 0.0698. The molecule has 0 radical (unpaired) electrons. The van der Waals surface area contributed by atoms with Crippen LogP contribution in [0.15, 0.2) is 0 Å². The van der Waals surface area contributed by atoms with Gasteiger partial charge in [0.05, 0.1) is 6.10 Å². The van der Waals surface area contributed by atoms with Crippen molar-refractivity contribution in [3.05, 3.63) is 0 Å². The van der Waals surface area contributed by atoms with E-state index in [1.807, 2.05) is 0 Å². The van der Waals surface area contributed by atoms with E-state index >= 15 is 0 Å². The fraction of sp³-hybridized carbons (Fsp3) is 0.889. The van der Waals surface area contributed by atoms with Gasteiger partial charge in [-0.1, -0.05) is 0 Å². The van der Waals surface area contributed by atoms with Gasteiger partial charge in [-0.3, -0.25) is 4.79 Å². The molecule has 0 amide bonds. The van der Waals surface area contributed by atoms with Crippen molar-refractivity contribution in [3.63, 3.8) is 0 Å². The van der Waals surface area contributed by atoms with Crippen molar-refractivity contribution in [1.29, 1.82) is 0 Å². The molecule has 3 unspecified atom stereocenters. The van der Waals surface area contributed by atoms with Gasteiger partial charge in [0.25, 0.3) is 0 Å². The maximum Gasteiger partial charge on any atom is 0.315 e. The summed E-state index contributed by atoms with van der Waals surface area (Å²) in [6.45, 7) is 6.33. The first kappa shape index (κ1) is 10.5. The summed E-state index contributed by atoms with van der Waals surface area (Å²) in [5.74, 6) is -0.335. The Kier molecular flexibility index (Phi) is 2.16. The van der Waals surface area contributed by atoms with Gasteiger partial charge in [0.1, 0.15) is 17.1 Å². The molecule has 1 heterocycles. The van der Waals surface area contributed by atoms with Crippen LogP contribution in [0.2, 0.25) is 0 Å². The monoisotopic (exact) mass is 188 g/mol. The summed E-state index contributed by atoms with van der Waals surface area (Å²) in [4.78, 5) is 11.0. The van der Waals surface area contributed by atoms with Crippen molar-refractivity contribution in [2.45, 2.75) is 45.5 Å². The summed E-state index contributed by atoms with van der Waals surface area (Å²) in [6.07, 6.45) is -1.56. The van der Waals surface area contributed by atoms with Crippen LogP contribution in [-0.4, -0.2) is 34.0 Å². The van der Waals surface area contributed by atoms with Crippen LogP contribution in [0.4, 0.5) is 0 Å². The fourth-order valence-electron chi connectivity index (χ4n) is 1.52. The second-order valence-electron chi connectivity index (χ2n) is 4.41. The van der Waals surface area contributed by atoms with Crippen molar-refractivity contribution in [2.75, 3.05) is 0 Å². The lowest BCUT2D eigenvalue weighted by atomic mass is 9.71. The van der Waals surface area contributed by atoms with Crippen LogP contribution in [0.3, 0.4) is 0 Å². The molecular weight excluding hydrogens is 172 g/mol. The van der Waals surface area contributed by atoms with Crippen molar-refractivity contribution in [3.8, 4) is 0 Å². The van der Waals surface area contributed by atoms with Crippen LogP contribution in [0.1, 0.15) is 27.7 Å². The van der Waals surface area contributed by atoms with E-state index in [0.717, 1.165) is 0 Å². The lowest BCUT2D eigenvalue weighted by Crippen LogP contribution is -2.66. The number of cyclic esters (lactones) is 1. The van der Waals surface area contributed by atoms with Gasteiger partial charge in [-0.2, -0.15) is 0 Å². The molecular formula is C9H16O4. The highest BCUT2D eigenvalue weighted by Gasteiger charge is 2.60. The summed E-state index contributed by atoms with van der Waals surface area (Å²) < 4.78 is 4.83. The molecule has 0 saturated carbocycles. The molecule has 1 aliphatic heterocycles. The van der Waals surface area contributed by atoms with Crippen LogP contribution >= 0.6 is 0 Å². The number of rotatable bonds is 2. The minimum atomic E-state index is -1.38. The van der Waals surface area contributed by atoms with E-state index in [2.05, 4.69) is 0 Å². The lowest BCUT2D eigenvalue weighted by Gasteiger charge is -2.49. The predicted molar refractivity (Wildman–Crippen MR) is 46.0 cm³/mol. The summed E-state index contributed by atoms with van der Waals surface area (Å²) in [6, 6.07) is 0. The van der Waals surface area contributed by atoms with Crippen molar-refractivity contribution >= 4 is 5.97 Å². The zero-order valence-corrected chi connectivity index (χ0v) is 8.37. The quantitative estimate of drug-likeness (QED) is 0.602. The molecule has 1 fully saturated rings. The number of esters is 1. The first-order valence-electron chi connectivity index (χ1n) is 4.32. The Hall–Kier alpha value is -0.610. The van der Waals surface area contributed by atoms with Gasteiger partial charge in [0, 0.05) is 0 Å². The third-order valence-corrected chi connectivity index (χ3v) is 2.78. The average Bonchev–Trinajstić information content (AvgIpc) is 1.99. The summed E-state index contributed by atoms with van der Waals surface area (Å²) in [5.41, 5.74) is -2.09. The standard InChI is InChI=1S/C9H16O4/c1-5(10)9(4,12)6-8(2,3)7(11)13-6/h5-6,10,12H,1-4H3. The van der Waals surface area contributed by atoms with Crippen molar-refractivity contribution in [1.82, 2.24) is 0 Å². The highest BCUT2D eigenvalue weighted by molar-refractivity contribution is 5.82. The van der Waals surface area contributed by atoms with E-state index in [9.17, 15) is 15.0 Å². The molecule has 2 N–H and O–H groups in total. The molecule has 1 aliphatic rings. The van der Waals surface area contributed by atoms with E-state index in [4.69, 9.17) is 4.74 Å². The van der Waals surface area contributed by atoms with Gasteiger partial charge < -0.3 is 14.9 Å². The van der Waals surface area contributed by atoms with E-state index < -0.39 is 23.2 Å². The maximum absolute atomic E-state index is 11.0. The summed E-state index contributed by atoms with van der Waals surface area (Å²) >= 11 is 0. The van der Waals surface area contributed by atoms with E-state index in [0.29, 0.717) is 0 Å². The Morgan fingerprint density at radius 2 is 2.08 bits per heavy atom. The van der Waals surface area contributed by atoms with Crippen LogP contribution in [0.25, 0.3) is 0 Å². The van der Waals surface area contributed by atoms with E-state index in [1.165, 1.54) is 13.8 Å². The number of carbonyl (C=O) groups excluding carboxylic acids is 1. The van der Waals surface area contributed by atoms with Gasteiger partial charge in [-0.25, -0.2) is 0 Å². The molecule has 4 heteroatoms. The molecule has 0 spiro atoms. The average molecular weight is 188 g/mol. The van der Waals surface area contributed by atoms with Gasteiger partial charge in [0.2, 0.25) is 0 Å². The summed E-state index contributed by atoms with van der Waals surface area (Å²) in [5, 5.41) is 19.1. The van der Waals surface area contributed by atoms with E-state index in [1.54, 1.807) is 13.8 Å². The largest absolute Gasteiger partial charge is 0.457 e. The third kappa shape index (κ3) is 1.34. The molecule has 4 nitrogen and oxygen atoms in total. The number of carbonyl (C=O) groups is 1. The Bertz CT molecular complexity index is 230. The van der Waals surface area contributed by atoms with E-state index in [-0.39, 0.29) is 5.97 Å². The Labute approximate surface area is 77.5 Å². The van der Waals surface area contributed by atoms with Crippen molar-refractivity contribution < 1.29 is 19.7 Å². The molecule has 0 aromatic heterocycles. The van der Waals surface area contributed by atoms with Gasteiger partial charge in [-0.05, 0) is 27.7 Å². The van der Waals surface area contributed by atoms with Crippen LogP contribution in [-0.2, 0) is 9.53 Å². The maximum atomic E-state index is 11.0. The zero-order valence-electron chi connectivity index (χ0n) is 8.37. The topological polar surface area (TPSA) is 66.8 Å². The van der Waals surface area contributed by atoms with Crippen LogP contribution in [0.5, 0.6) is 0 Å². The second-order valence-corrected chi connectivity index (χ2v) is 4.41. The first-order valence-corrected chi connectivity index (χ1v) is 4.32. The number of aliphatic hydroxyl groups excluding tert-OH is 1. The van der Waals surface area contributed by atoms with Crippen LogP contribution in [0, 0.1) is 5.41 Å². The molecule has 76 valence electrons. The first-order chi connectivity index (χ1) is 5.70. The molecule has 1 rings (SSSR count). The molecule has 0 aromatic rings. The SMILES string of the molecule is CC(O)C(C)(O)C1OC(=O)C1(C)C. The number of hydrogen-bond donors (Lipinski definition) is 2. The van der Waals surface area contributed by atoms with Gasteiger partial charge in [-0.15, -0.1) is 0 Å². The minimum absolute atomic E-state index is 0.335. The lowest BCUT2D eigenvalue weighted by molar-refractivity contribution is -0.248. The molecule has 0 aromatic carbocycles. The number of hydrogen-bond acceptors (Lipinski definition) is 4. The van der Waals surface area contributed by atoms with Crippen LogP contribution < -0.4 is 0 Å². The Morgan fingerprint density at radius 3 is 2.31 bits per heavy atom. The smallest absolute Gasteiger partial charge is 0.315 e. The van der Waals surface area contributed by atoms with Crippen molar-refractivity contribution in [2.24, 2.45) is 5.41 Å². The van der Waals surface area contributed by atoms with Gasteiger partial charge in [0.15, 0.2) is 0 Å². The number of ether oxygens (including phenoxy) is 1. The second kappa shape index (κ2) is 2.69. The zero-order chi connectivity index (χ0) is 10.4. The third-order valence-electron chi connectivity index (χ3n) is 2.78. The number of aliphatic hydroxyl groups is 2. The normalized spacial score (nSPS) is 32.8. The summed E-state index contributed by atoms with van der Waals surface area (Å²) in [7, 11) is 0. The molecule has 1 saturated heterocycles.